The Hall–Kier alpha value is -1.92. The van der Waals surface area contributed by atoms with E-state index in [9.17, 15) is 9.59 Å². The number of carbonyl (C=O) groups is 2. The molecule has 1 aromatic carbocycles. The van der Waals surface area contributed by atoms with Crippen LogP contribution in [0.3, 0.4) is 0 Å². The van der Waals surface area contributed by atoms with Crippen LogP contribution in [0.25, 0.3) is 0 Å². The number of rotatable bonds is 5. The van der Waals surface area contributed by atoms with E-state index in [4.69, 9.17) is 9.84 Å². The SMILES string of the molecule is O=C(CC1COCCN1)NCc1ccc(C(=O)O)cc1. The van der Waals surface area contributed by atoms with Crippen molar-refractivity contribution in [3.05, 3.63) is 35.4 Å². The Kier molecular flexibility index (Phi) is 5.09. The van der Waals surface area contributed by atoms with E-state index in [1.165, 1.54) is 12.1 Å². The van der Waals surface area contributed by atoms with Crippen LogP contribution >= 0.6 is 0 Å². The maximum Gasteiger partial charge on any atom is 0.335 e. The quantitative estimate of drug-likeness (QED) is 0.724. The summed E-state index contributed by atoms with van der Waals surface area (Å²) in [6, 6.07) is 6.52. The topological polar surface area (TPSA) is 87.7 Å². The fraction of sp³-hybridized carbons (Fsp3) is 0.429. The average Bonchev–Trinajstić information content (AvgIpc) is 2.46. The zero-order valence-corrected chi connectivity index (χ0v) is 11.1. The number of benzene rings is 1. The monoisotopic (exact) mass is 278 g/mol. The summed E-state index contributed by atoms with van der Waals surface area (Å²) in [5.74, 6) is -1.00. The van der Waals surface area contributed by atoms with Gasteiger partial charge >= 0.3 is 5.97 Å². The third kappa shape index (κ3) is 4.32. The van der Waals surface area contributed by atoms with E-state index >= 15 is 0 Å². The van der Waals surface area contributed by atoms with Gasteiger partial charge in [-0.1, -0.05) is 12.1 Å². The van der Waals surface area contributed by atoms with Crippen molar-refractivity contribution in [1.29, 1.82) is 0 Å². The molecule has 1 saturated heterocycles. The summed E-state index contributed by atoms with van der Waals surface area (Å²) in [4.78, 5) is 22.5. The molecule has 3 N–H and O–H groups in total. The van der Waals surface area contributed by atoms with Gasteiger partial charge in [-0.3, -0.25) is 4.79 Å². The molecule has 0 aromatic heterocycles. The second-order valence-electron chi connectivity index (χ2n) is 4.71. The minimum atomic E-state index is -0.955. The Labute approximate surface area is 117 Å². The molecule has 1 amide bonds. The van der Waals surface area contributed by atoms with Gasteiger partial charge in [0, 0.05) is 25.6 Å². The molecule has 0 radical (unpaired) electrons. The molecule has 0 bridgehead atoms. The van der Waals surface area contributed by atoms with Crippen molar-refractivity contribution in [3.8, 4) is 0 Å². The Bertz CT molecular complexity index is 467. The van der Waals surface area contributed by atoms with Crippen molar-refractivity contribution in [1.82, 2.24) is 10.6 Å². The molecule has 1 heterocycles. The van der Waals surface area contributed by atoms with Gasteiger partial charge in [-0.15, -0.1) is 0 Å². The maximum absolute atomic E-state index is 11.8. The second-order valence-corrected chi connectivity index (χ2v) is 4.71. The number of hydrogen-bond donors (Lipinski definition) is 3. The lowest BCUT2D eigenvalue weighted by atomic mass is 10.1. The summed E-state index contributed by atoms with van der Waals surface area (Å²) in [5, 5.41) is 14.8. The molecule has 1 aromatic rings. The summed E-state index contributed by atoms with van der Waals surface area (Å²) < 4.78 is 5.28. The molecular formula is C14H18N2O4. The van der Waals surface area contributed by atoms with Crippen molar-refractivity contribution in [2.75, 3.05) is 19.8 Å². The molecule has 6 nitrogen and oxygen atoms in total. The molecule has 1 aliphatic heterocycles. The van der Waals surface area contributed by atoms with E-state index in [1.807, 2.05) is 0 Å². The van der Waals surface area contributed by atoms with E-state index in [-0.39, 0.29) is 17.5 Å². The Balaban J connectivity index is 1.76. The number of ether oxygens (including phenoxy) is 1. The van der Waals surface area contributed by atoms with Crippen LogP contribution in [-0.4, -0.2) is 42.8 Å². The van der Waals surface area contributed by atoms with Gasteiger partial charge in [-0.2, -0.15) is 0 Å². The van der Waals surface area contributed by atoms with Gasteiger partial charge in [-0.05, 0) is 17.7 Å². The normalized spacial score (nSPS) is 18.5. The predicted molar refractivity (Wildman–Crippen MR) is 72.5 cm³/mol. The smallest absolute Gasteiger partial charge is 0.335 e. The number of carboxylic acid groups (broad SMARTS) is 1. The summed E-state index contributed by atoms with van der Waals surface area (Å²) in [6.07, 6.45) is 0.382. The fourth-order valence-electron chi connectivity index (χ4n) is 2.01. The van der Waals surface area contributed by atoms with Gasteiger partial charge in [0.2, 0.25) is 5.91 Å². The lowest BCUT2D eigenvalue weighted by molar-refractivity contribution is -0.122. The Morgan fingerprint density at radius 1 is 1.35 bits per heavy atom. The van der Waals surface area contributed by atoms with Gasteiger partial charge in [-0.25, -0.2) is 4.79 Å². The van der Waals surface area contributed by atoms with Crippen LogP contribution in [0.4, 0.5) is 0 Å². The first kappa shape index (κ1) is 14.5. The van der Waals surface area contributed by atoms with E-state index in [0.29, 0.717) is 26.2 Å². The zero-order chi connectivity index (χ0) is 14.4. The first-order valence-electron chi connectivity index (χ1n) is 6.55. The molecule has 108 valence electrons. The molecule has 1 atom stereocenters. The van der Waals surface area contributed by atoms with Crippen LogP contribution in [0.5, 0.6) is 0 Å². The standard InChI is InChI=1S/C14H18N2O4/c17-13(7-12-9-20-6-5-15-12)16-8-10-1-3-11(4-2-10)14(18)19/h1-4,12,15H,5-9H2,(H,16,17)(H,18,19). The van der Waals surface area contributed by atoms with Crippen molar-refractivity contribution < 1.29 is 19.4 Å². The summed E-state index contributed by atoms with van der Waals surface area (Å²) >= 11 is 0. The van der Waals surface area contributed by atoms with Gasteiger partial charge in [0.1, 0.15) is 0 Å². The number of hydrogen-bond acceptors (Lipinski definition) is 4. The van der Waals surface area contributed by atoms with Crippen LogP contribution in [0, 0.1) is 0 Å². The van der Waals surface area contributed by atoms with E-state index in [1.54, 1.807) is 12.1 Å². The third-order valence-corrected chi connectivity index (χ3v) is 3.12. The summed E-state index contributed by atoms with van der Waals surface area (Å²) in [6.45, 7) is 2.41. The van der Waals surface area contributed by atoms with Gasteiger partial charge in [0.25, 0.3) is 0 Å². The number of morpholine rings is 1. The van der Waals surface area contributed by atoms with Crippen LogP contribution in [0.15, 0.2) is 24.3 Å². The molecule has 20 heavy (non-hydrogen) atoms. The molecule has 1 fully saturated rings. The minimum absolute atomic E-state index is 0.0460. The molecule has 1 unspecified atom stereocenters. The first-order chi connectivity index (χ1) is 9.65. The molecule has 1 aliphatic rings. The summed E-state index contributed by atoms with van der Waals surface area (Å²) in [5.41, 5.74) is 1.11. The lowest BCUT2D eigenvalue weighted by Crippen LogP contribution is -2.44. The number of carbonyl (C=O) groups excluding carboxylic acids is 1. The van der Waals surface area contributed by atoms with Gasteiger partial charge in [0.15, 0.2) is 0 Å². The largest absolute Gasteiger partial charge is 0.478 e. The molecule has 6 heteroatoms. The predicted octanol–water partition coefficient (Wildman–Crippen LogP) is 0.380. The van der Waals surface area contributed by atoms with Gasteiger partial charge < -0.3 is 20.5 Å². The highest BCUT2D eigenvalue weighted by atomic mass is 16.5. The van der Waals surface area contributed by atoms with Crippen LogP contribution < -0.4 is 10.6 Å². The molecular weight excluding hydrogens is 260 g/mol. The molecule has 0 saturated carbocycles. The Morgan fingerprint density at radius 3 is 2.70 bits per heavy atom. The summed E-state index contributed by atoms with van der Waals surface area (Å²) in [7, 11) is 0. The lowest BCUT2D eigenvalue weighted by Gasteiger charge is -2.23. The molecule has 2 rings (SSSR count). The van der Waals surface area contributed by atoms with Gasteiger partial charge in [0.05, 0.1) is 18.8 Å². The van der Waals surface area contributed by atoms with Crippen LogP contribution in [0.2, 0.25) is 0 Å². The fourth-order valence-corrected chi connectivity index (χ4v) is 2.01. The third-order valence-electron chi connectivity index (χ3n) is 3.12. The number of nitrogens with one attached hydrogen (secondary N) is 2. The highest BCUT2D eigenvalue weighted by Gasteiger charge is 2.16. The number of amides is 1. The Morgan fingerprint density at radius 2 is 2.10 bits per heavy atom. The first-order valence-corrected chi connectivity index (χ1v) is 6.55. The molecule has 0 spiro atoms. The van der Waals surface area contributed by atoms with Crippen LogP contribution in [-0.2, 0) is 16.1 Å². The van der Waals surface area contributed by atoms with Crippen molar-refractivity contribution >= 4 is 11.9 Å². The van der Waals surface area contributed by atoms with Crippen molar-refractivity contribution in [2.45, 2.75) is 19.0 Å². The van der Waals surface area contributed by atoms with Crippen molar-refractivity contribution in [2.24, 2.45) is 0 Å². The highest BCUT2D eigenvalue weighted by molar-refractivity contribution is 5.87. The highest BCUT2D eigenvalue weighted by Crippen LogP contribution is 2.05. The van der Waals surface area contributed by atoms with E-state index in [2.05, 4.69) is 10.6 Å². The number of carboxylic acids is 1. The second kappa shape index (κ2) is 7.02. The zero-order valence-electron chi connectivity index (χ0n) is 11.1. The minimum Gasteiger partial charge on any atom is -0.478 e. The average molecular weight is 278 g/mol. The van der Waals surface area contributed by atoms with E-state index < -0.39 is 5.97 Å². The van der Waals surface area contributed by atoms with Crippen LogP contribution in [0.1, 0.15) is 22.3 Å². The van der Waals surface area contributed by atoms with E-state index in [0.717, 1.165) is 12.1 Å². The maximum atomic E-state index is 11.8. The number of aromatic carboxylic acids is 1. The van der Waals surface area contributed by atoms with Crippen molar-refractivity contribution in [3.63, 3.8) is 0 Å². The molecule has 0 aliphatic carbocycles.